The molecule has 0 saturated heterocycles. The first-order valence-corrected chi connectivity index (χ1v) is 9.73. The Hall–Kier alpha value is -3.12. The van der Waals surface area contributed by atoms with Crippen LogP contribution in [0.2, 0.25) is 0 Å². The van der Waals surface area contributed by atoms with Gasteiger partial charge in [0.15, 0.2) is 11.5 Å². The monoisotopic (exact) mass is 391 g/mol. The number of rotatable bonds is 5. The van der Waals surface area contributed by atoms with E-state index in [1.807, 2.05) is 49.4 Å². The molecular formula is C23H25N3O3. The van der Waals surface area contributed by atoms with Crippen LogP contribution < -0.4 is 14.8 Å². The summed E-state index contributed by atoms with van der Waals surface area (Å²) in [6.45, 7) is 3.46. The number of pyridine rings is 1. The second-order valence-electron chi connectivity index (χ2n) is 7.24. The lowest BCUT2D eigenvalue weighted by Gasteiger charge is -2.33. The van der Waals surface area contributed by atoms with Crippen LogP contribution in [0, 0.1) is 0 Å². The maximum atomic E-state index is 13.0. The Bertz CT molecular complexity index is 1050. The number of aromatic nitrogens is 1. The summed E-state index contributed by atoms with van der Waals surface area (Å²) < 4.78 is 10.8. The van der Waals surface area contributed by atoms with E-state index < -0.39 is 0 Å². The highest BCUT2D eigenvalue weighted by Crippen LogP contribution is 2.33. The first-order valence-electron chi connectivity index (χ1n) is 9.73. The molecule has 1 aliphatic heterocycles. The molecule has 1 atom stereocenters. The summed E-state index contributed by atoms with van der Waals surface area (Å²) in [6.07, 6.45) is 2.62. The van der Waals surface area contributed by atoms with E-state index in [-0.39, 0.29) is 11.9 Å². The molecule has 0 aliphatic carbocycles. The molecule has 150 valence electrons. The number of fused-ring (bicyclic) bond motifs is 2. The lowest BCUT2D eigenvalue weighted by Crippen LogP contribution is -2.44. The Morgan fingerprint density at radius 1 is 1.10 bits per heavy atom. The van der Waals surface area contributed by atoms with E-state index in [0.29, 0.717) is 12.3 Å². The molecule has 1 amide bonds. The summed E-state index contributed by atoms with van der Waals surface area (Å²) in [4.78, 5) is 19.5. The van der Waals surface area contributed by atoms with Crippen molar-refractivity contribution in [1.29, 1.82) is 0 Å². The zero-order valence-electron chi connectivity index (χ0n) is 16.9. The molecule has 0 bridgehead atoms. The molecular weight excluding hydrogens is 366 g/mol. The van der Waals surface area contributed by atoms with Crippen molar-refractivity contribution in [2.45, 2.75) is 25.9 Å². The predicted octanol–water partition coefficient (Wildman–Crippen LogP) is 3.64. The van der Waals surface area contributed by atoms with Crippen molar-refractivity contribution in [2.75, 3.05) is 26.1 Å². The average molecular weight is 391 g/mol. The van der Waals surface area contributed by atoms with Crippen molar-refractivity contribution in [1.82, 2.24) is 9.88 Å². The van der Waals surface area contributed by atoms with Gasteiger partial charge in [-0.2, -0.15) is 0 Å². The Balaban J connectivity index is 1.51. The Morgan fingerprint density at radius 2 is 1.86 bits per heavy atom. The number of benzene rings is 2. The highest BCUT2D eigenvalue weighted by Gasteiger charge is 2.27. The normalized spacial score (nSPS) is 14.9. The molecule has 0 fully saturated rings. The van der Waals surface area contributed by atoms with Gasteiger partial charge in [-0.3, -0.25) is 14.7 Å². The third-order valence-corrected chi connectivity index (χ3v) is 5.58. The first kappa shape index (κ1) is 19.2. The van der Waals surface area contributed by atoms with Crippen LogP contribution >= 0.6 is 0 Å². The quantitative estimate of drug-likeness (QED) is 0.719. The fourth-order valence-electron chi connectivity index (χ4n) is 3.85. The molecule has 0 unspecified atom stereocenters. The Kier molecular flexibility index (Phi) is 5.36. The predicted molar refractivity (Wildman–Crippen MR) is 113 cm³/mol. The summed E-state index contributed by atoms with van der Waals surface area (Å²) in [7, 11) is 3.29. The molecule has 0 radical (unpaired) electrons. The second kappa shape index (κ2) is 8.09. The van der Waals surface area contributed by atoms with E-state index in [2.05, 4.69) is 15.2 Å². The van der Waals surface area contributed by atoms with Crippen molar-refractivity contribution in [3.63, 3.8) is 0 Å². The highest BCUT2D eigenvalue weighted by atomic mass is 16.5. The summed E-state index contributed by atoms with van der Waals surface area (Å²) >= 11 is 0. The number of carbonyl (C=O) groups excluding carboxylic acids is 1. The molecule has 2 aromatic carbocycles. The van der Waals surface area contributed by atoms with Gasteiger partial charge >= 0.3 is 0 Å². The Morgan fingerprint density at radius 3 is 2.62 bits per heavy atom. The molecule has 4 rings (SSSR count). The standard InChI is InChI=1S/C23H25N3O3/c1-15(23(27)25-20-8-4-7-19-18(20)6-5-10-24-19)26-11-9-16-12-21(28-2)22(29-3)13-17(16)14-26/h4-8,10,12-13,15H,9,11,14H2,1-3H3,(H,25,27)/t15-/m1/s1. The van der Waals surface area contributed by atoms with Gasteiger partial charge in [0.2, 0.25) is 5.91 Å². The van der Waals surface area contributed by atoms with Gasteiger partial charge in [-0.05, 0) is 60.9 Å². The lowest BCUT2D eigenvalue weighted by atomic mass is 9.97. The maximum absolute atomic E-state index is 13.0. The minimum atomic E-state index is -0.261. The van der Waals surface area contributed by atoms with E-state index in [9.17, 15) is 4.79 Å². The topological polar surface area (TPSA) is 63.7 Å². The third kappa shape index (κ3) is 3.76. The van der Waals surface area contributed by atoms with Crippen LogP contribution in [0.15, 0.2) is 48.7 Å². The van der Waals surface area contributed by atoms with Gasteiger partial charge in [-0.1, -0.05) is 6.07 Å². The molecule has 3 aromatic rings. The minimum Gasteiger partial charge on any atom is -0.493 e. The van der Waals surface area contributed by atoms with Crippen LogP contribution in [0.1, 0.15) is 18.1 Å². The molecule has 1 aliphatic rings. The number of hydrogen-bond donors (Lipinski definition) is 1. The zero-order valence-corrected chi connectivity index (χ0v) is 16.9. The number of nitrogens with zero attached hydrogens (tertiary/aromatic N) is 2. The molecule has 6 heteroatoms. The van der Waals surface area contributed by atoms with Crippen LogP contribution in [0.5, 0.6) is 11.5 Å². The highest BCUT2D eigenvalue weighted by molar-refractivity contribution is 6.02. The van der Waals surface area contributed by atoms with E-state index in [4.69, 9.17) is 9.47 Å². The van der Waals surface area contributed by atoms with Gasteiger partial charge in [0, 0.05) is 24.7 Å². The van der Waals surface area contributed by atoms with Crippen LogP contribution in [0.4, 0.5) is 5.69 Å². The number of amides is 1. The van der Waals surface area contributed by atoms with Gasteiger partial charge in [0.1, 0.15) is 0 Å². The molecule has 0 spiro atoms. The molecule has 2 heterocycles. The number of ether oxygens (including phenoxy) is 2. The fourth-order valence-corrected chi connectivity index (χ4v) is 3.85. The van der Waals surface area contributed by atoms with Crippen LogP contribution in [0.3, 0.4) is 0 Å². The van der Waals surface area contributed by atoms with Gasteiger partial charge in [0.05, 0.1) is 31.5 Å². The van der Waals surface area contributed by atoms with Crippen molar-refractivity contribution < 1.29 is 14.3 Å². The molecule has 29 heavy (non-hydrogen) atoms. The average Bonchev–Trinajstić information content (AvgIpc) is 2.77. The number of hydrogen-bond acceptors (Lipinski definition) is 5. The van der Waals surface area contributed by atoms with E-state index in [1.165, 1.54) is 11.1 Å². The van der Waals surface area contributed by atoms with Gasteiger partial charge in [-0.15, -0.1) is 0 Å². The van der Waals surface area contributed by atoms with Gasteiger partial charge in [0.25, 0.3) is 0 Å². The van der Waals surface area contributed by atoms with Crippen molar-refractivity contribution in [2.24, 2.45) is 0 Å². The van der Waals surface area contributed by atoms with Gasteiger partial charge in [-0.25, -0.2) is 0 Å². The number of nitrogens with one attached hydrogen (secondary N) is 1. The number of carbonyl (C=O) groups is 1. The molecule has 6 nitrogen and oxygen atoms in total. The van der Waals surface area contributed by atoms with Crippen LogP contribution in [-0.4, -0.2) is 42.6 Å². The molecule has 1 aromatic heterocycles. The second-order valence-corrected chi connectivity index (χ2v) is 7.24. The van der Waals surface area contributed by atoms with Crippen molar-refractivity contribution in [3.8, 4) is 11.5 Å². The molecule has 1 N–H and O–H groups in total. The third-order valence-electron chi connectivity index (χ3n) is 5.58. The summed E-state index contributed by atoms with van der Waals surface area (Å²) in [6, 6.07) is 13.4. The SMILES string of the molecule is COc1cc2c(cc1OC)CN([C@H](C)C(=O)Nc1cccc3ncccc13)CC2. The van der Waals surface area contributed by atoms with Crippen molar-refractivity contribution >= 4 is 22.5 Å². The summed E-state index contributed by atoms with van der Waals surface area (Å²) in [5, 5.41) is 4.02. The van der Waals surface area contributed by atoms with E-state index in [0.717, 1.165) is 35.3 Å². The minimum absolute atomic E-state index is 0.0229. The van der Waals surface area contributed by atoms with Crippen LogP contribution in [0.25, 0.3) is 10.9 Å². The fraction of sp³-hybridized carbons (Fsp3) is 0.304. The first-order chi connectivity index (χ1) is 14.1. The summed E-state index contributed by atoms with van der Waals surface area (Å²) in [5.41, 5.74) is 4.07. The number of methoxy groups -OCH3 is 2. The lowest BCUT2D eigenvalue weighted by molar-refractivity contribution is -0.121. The summed E-state index contributed by atoms with van der Waals surface area (Å²) in [5.74, 6) is 1.44. The maximum Gasteiger partial charge on any atom is 0.241 e. The van der Waals surface area contributed by atoms with E-state index >= 15 is 0 Å². The van der Waals surface area contributed by atoms with E-state index in [1.54, 1.807) is 20.4 Å². The number of anilines is 1. The Labute approximate surface area is 170 Å². The smallest absolute Gasteiger partial charge is 0.241 e. The molecule has 0 saturated carbocycles. The van der Waals surface area contributed by atoms with Crippen molar-refractivity contribution in [3.05, 3.63) is 59.8 Å². The van der Waals surface area contributed by atoms with Crippen LogP contribution in [-0.2, 0) is 17.8 Å². The van der Waals surface area contributed by atoms with Gasteiger partial charge < -0.3 is 14.8 Å². The largest absolute Gasteiger partial charge is 0.493 e. The zero-order chi connectivity index (χ0) is 20.4.